The lowest BCUT2D eigenvalue weighted by Crippen LogP contribution is -2.37. The number of esters is 1. The third kappa shape index (κ3) is 5.40. The van der Waals surface area contributed by atoms with E-state index in [0.29, 0.717) is 11.3 Å². The maximum Gasteiger partial charge on any atom is 0.342 e. The molecule has 1 amide bonds. The molecule has 6 heteroatoms. The van der Waals surface area contributed by atoms with E-state index >= 15 is 0 Å². The van der Waals surface area contributed by atoms with E-state index in [2.05, 4.69) is 10.4 Å². The Balaban J connectivity index is 1.48. The number of nitrogens with zero attached hydrogens (tertiary/aromatic N) is 2. The van der Waals surface area contributed by atoms with E-state index in [1.165, 1.54) is 12.8 Å². The molecule has 31 heavy (non-hydrogen) atoms. The molecule has 0 aliphatic heterocycles. The first-order valence-electron chi connectivity index (χ1n) is 10.9. The lowest BCUT2D eigenvalue weighted by atomic mass is 10.1. The molecule has 0 radical (unpaired) electrons. The SMILES string of the molecule is O=C(COC(=O)c1cn(-c2ccccc2)nc1-c1ccccc1)NC1CCCCCC1. The molecular weight excluding hydrogens is 390 g/mol. The molecule has 1 N–H and O–H groups in total. The molecule has 0 spiro atoms. The summed E-state index contributed by atoms with van der Waals surface area (Å²) in [6.07, 6.45) is 8.32. The van der Waals surface area contributed by atoms with E-state index in [-0.39, 0.29) is 18.6 Å². The summed E-state index contributed by atoms with van der Waals surface area (Å²) in [5.41, 5.74) is 2.51. The smallest absolute Gasteiger partial charge is 0.342 e. The Labute approximate surface area is 182 Å². The molecule has 1 aliphatic rings. The van der Waals surface area contributed by atoms with E-state index in [0.717, 1.165) is 36.9 Å². The number of ether oxygens (including phenoxy) is 1. The minimum absolute atomic E-state index is 0.175. The van der Waals surface area contributed by atoms with Gasteiger partial charge in [-0.1, -0.05) is 74.2 Å². The number of hydrogen-bond acceptors (Lipinski definition) is 4. The van der Waals surface area contributed by atoms with Gasteiger partial charge in [0.1, 0.15) is 11.3 Å². The molecular formula is C25H27N3O3. The molecule has 3 aromatic rings. The molecule has 4 rings (SSSR count). The van der Waals surface area contributed by atoms with Crippen LogP contribution in [0.1, 0.15) is 48.9 Å². The number of aromatic nitrogens is 2. The zero-order chi connectivity index (χ0) is 21.5. The fourth-order valence-corrected chi connectivity index (χ4v) is 3.95. The van der Waals surface area contributed by atoms with Gasteiger partial charge < -0.3 is 10.1 Å². The molecule has 1 aromatic heterocycles. The van der Waals surface area contributed by atoms with Gasteiger partial charge in [0.05, 0.1) is 5.69 Å². The highest BCUT2D eigenvalue weighted by Crippen LogP contribution is 2.24. The summed E-state index contributed by atoms with van der Waals surface area (Å²) in [5, 5.41) is 7.62. The van der Waals surface area contributed by atoms with Crippen molar-refractivity contribution >= 4 is 11.9 Å². The van der Waals surface area contributed by atoms with Crippen molar-refractivity contribution in [1.82, 2.24) is 15.1 Å². The summed E-state index contributed by atoms with van der Waals surface area (Å²) < 4.78 is 7.03. The summed E-state index contributed by atoms with van der Waals surface area (Å²) in [7, 11) is 0. The van der Waals surface area contributed by atoms with Gasteiger partial charge >= 0.3 is 5.97 Å². The standard InChI is InChI=1S/C25H27N3O3/c29-23(26-20-13-7-1-2-8-14-20)18-31-25(30)22-17-28(21-15-9-4-10-16-21)27-24(22)19-11-5-3-6-12-19/h3-6,9-12,15-17,20H,1-2,7-8,13-14,18H2,(H,26,29). The number of benzene rings is 2. The van der Waals surface area contributed by atoms with Crippen molar-refractivity contribution in [3.8, 4) is 16.9 Å². The van der Waals surface area contributed by atoms with Gasteiger partial charge in [0.15, 0.2) is 6.61 Å². The predicted molar refractivity (Wildman–Crippen MR) is 119 cm³/mol. The van der Waals surface area contributed by atoms with Crippen molar-refractivity contribution in [3.05, 3.63) is 72.4 Å². The van der Waals surface area contributed by atoms with Crippen LogP contribution in [-0.4, -0.2) is 34.3 Å². The van der Waals surface area contributed by atoms with Gasteiger partial charge in [-0.3, -0.25) is 4.79 Å². The monoisotopic (exact) mass is 417 g/mol. The number of carbonyl (C=O) groups is 2. The van der Waals surface area contributed by atoms with Gasteiger partial charge in [-0.25, -0.2) is 9.48 Å². The van der Waals surface area contributed by atoms with Crippen LogP contribution in [0.3, 0.4) is 0 Å². The average molecular weight is 418 g/mol. The number of carbonyl (C=O) groups excluding carboxylic acids is 2. The van der Waals surface area contributed by atoms with Gasteiger partial charge in [-0.05, 0) is 25.0 Å². The Morgan fingerprint density at radius 3 is 2.26 bits per heavy atom. The predicted octanol–water partition coefficient (Wildman–Crippen LogP) is 4.54. The van der Waals surface area contributed by atoms with Crippen LogP contribution < -0.4 is 5.32 Å². The Morgan fingerprint density at radius 1 is 0.935 bits per heavy atom. The first kappa shape index (κ1) is 20.8. The summed E-state index contributed by atoms with van der Waals surface area (Å²) in [4.78, 5) is 25.2. The third-order valence-electron chi connectivity index (χ3n) is 5.56. The fraction of sp³-hybridized carbons (Fsp3) is 0.320. The number of rotatable bonds is 6. The molecule has 0 unspecified atom stereocenters. The van der Waals surface area contributed by atoms with Gasteiger partial charge in [0, 0.05) is 17.8 Å². The van der Waals surface area contributed by atoms with Crippen LogP contribution in [-0.2, 0) is 9.53 Å². The van der Waals surface area contributed by atoms with E-state index < -0.39 is 5.97 Å². The van der Waals surface area contributed by atoms with Crippen LogP contribution >= 0.6 is 0 Å². The lowest BCUT2D eigenvalue weighted by Gasteiger charge is -2.16. The Hall–Kier alpha value is -3.41. The maximum absolute atomic E-state index is 12.9. The lowest BCUT2D eigenvalue weighted by molar-refractivity contribution is -0.125. The van der Waals surface area contributed by atoms with Crippen molar-refractivity contribution in [2.75, 3.05) is 6.61 Å². The molecule has 1 saturated carbocycles. The van der Waals surface area contributed by atoms with Crippen LogP contribution in [0.15, 0.2) is 66.9 Å². The Bertz CT molecular complexity index is 1010. The quantitative estimate of drug-likeness (QED) is 0.472. The molecule has 1 aliphatic carbocycles. The van der Waals surface area contributed by atoms with Crippen molar-refractivity contribution in [1.29, 1.82) is 0 Å². The summed E-state index contributed by atoms with van der Waals surface area (Å²) >= 11 is 0. The van der Waals surface area contributed by atoms with Crippen LogP contribution in [0.5, 0.6) is 0 Å². The molecule has 6 nitrogen and oxygen atoms in total. The largest absolute Gasteiger partial charge is 0.452 e. The second-order valence-corrected chi connectivity index (χ2v) is 7.87. The van der Waals surface area contributed by atoms with Crippen molar-refractivity contribution in [2.45, 2.75) is 44.6 Å². The van der Waals surface area contributed by atoms with Crippen LogP contribution in [0.2, 0.25) is 0 Å². The van der Waals surface area contributed by atoms with E-state index in [1.54, 1.807) is 10.9 Å². The molecule has 1 fully saturated rings. The van der Waals surface area contributed by atoms with Crippen LogP contribution in [0.25, 0.3) is 16.9 Å². The number of para-hydroxylation sites is 1. The minimum Gasteiger partial charge on any atom is -0.452 e. The van der Waals surface area contributed by atoms with Gasteiger partial charge in [-0.15, -0.1) is 0 Å². The Kier molecular flexibility index (Phi) is 6.77. The van der Waals surface area contributed by atoms with Gasteiger partial charge in [-0.2, -0.15) is 5.10 Å². The number of nitrogens with one attached hydrogen (secondary N) is 1. The molecule has 160 valence electrons. The van der Waals surface area contributed by atoms with Crippen molar-refractivity contribution in [2.24, 2.45) is 0 Å². The molecule has 1 heterocycles. The zero-order valence-electron chi connectivity index (χ0n) is 17.5. The van der Waals surface area contributed by atoms with E-state index in [1.807, 2.05) is 60.7 Å². The number of amides is 1. The molecule has 0 bridgehead atoms. The second-order valence-electron chi connectivity index (χ2n) is 7.87. The number of hydrogen-bond donors (Lipinski definition) is 1. The van der Waals surface area contributed by atoms with Crippen molar-refractivity contribution < 1.29 is 14.3 Å². The van der Waals surface area contributed by atoms with E-state index in [9.17, 15) is 9.59 Å². The molecule has 0 saturated heterocycles. The summed E-state index contributed by atoms with van der Waals surface area (Å²) in [6.45, 7) is -0.292. The first-order chi connectivity index (χ1) is 15.2. The fourth-order valence-electron chi connectivity index (χ4n) is 3.95. The highest BCUT2D eigenvalue weighted by atomic mass is 16.5. The van der Waals surface area contributed by atoms with Crippen LogP contribution in [0, 0.1) is 0 Å². The molecule has 0 atom stereocenters. The topological polar surface area (TPSA) is 73.2 Å². The van der Waals surface area contributed by atoms with E-state index in [4.69, 9.17) is 4.74 Å². The summed E-state index contributed by atoms with van der Waals surface area (Å²) in [5.74, 6) is -0.811. The Morgan fingerprint density at radius 2 is 1.58 bits per heavy atom. The van der Waals surface area contributed by atoms with Gasteiger partial charge in [0.2, 0.25) is 0 Å². The highest BCUT2D eigenvalue weighted by Gasteiger charge is 2.21. The minimum atomic E-state index is -0.558. The normalized spacial score (nSPS) is 14.6. The second kappa shape index (κ2) is 10.1. The van der Waals surface area contributed by atoms with Crippen molar-refractivity contribution in [3.63, 3.8) is 0 Å². The third-order valence-corrected chi connectivity index (χ3v) is 5.56. The highest BCUT2D eigenvalue weighted by molar-refractivity contribution is 5.97. The first-order valence-corrected chi connectivity index (χ1v) is 10.9. The summed E-state index contributed by atoms with van der Waals surface area (Å²) in [6, 6.07) is 19.2. The zero-order valence-corrected chi connectivity index (χ0v) is 17.5. The van der Waals surface area contributed by atoms with Crippen LogP contribution in [0.4, 0.5) is 0 Å². The average Bonchev–Trinajstić information content (AvgIpc) is 3.11. The maximum atomic E-state index is 12.9. The molecule has 2 aromatic carbocycles. The van der Waals surface area contributed by atoms with Gasteiger partial charge in [0.25, 0.3) is 5.91 Å².